The lowest BCUT2D eigenvalue weighted by Crippen LogP contribution is -2.05. The first-order chi connectivity index (χ1) is 10.2. The second-order valence-electron chi connectivity index (χ2n) is 4.65. The van der Waals surface area contributed by atoms with Crippen LogP contribution in [-0.2, 0) is 11.3 Å². The van der Waals surface area contributed by atoms with Crippen LogP contribution in [0.25, 0.3) is 0 Å². The number of hydrogen-bond acceptors (Lipinski definition) is 4. The van der Waals surface area contributed by atoms with Gasteiger partial charge in [-0.25, -0.2) is 0 Å². The Bertz CT molecular complexity index is 556. The summed E-state index contributed by atoms with van der Waals surface area (Å²) in [4.78, 5) is 0. The van der Waals surface area contributed by atoms with E-state index in [1.165, 1.54) is 0 Å². The highest BCUT2D eigenvalue weighted by Crippen LogP contribution is 2.37. The maximum atomic E-state index is 10.6. The Morgan fingerprint density at radius 3 is 1.95 bits per heavy atom. The lowest BCUT2D eigenvalue weighted by atomic mass is 9.98. The van der Waals surface area contributed by atoms with E-state index >= 15 is 0 Å². The quantitative estimate of drug-likeness (QED) is 0.888. The van der Waals surface area contributed by atoms with Crippen LogP contribution in [0.2, 0.25) is 0 Å². The summed E-state index contributed by atoms with van der Waals surface area (Å²) in [5.74, 6) is 1.20. The maximum absolute atomic E-state index is 10.6. The van der Waals surface area contributed by atoms with Crippen molar-refractivity contribution >= 4 is 0 Å². The molecule has 2 rings (SSSR count). The van der Waals surface area contributed by atoms with Gasteiger partial charge in [0.1, 0.15) is 17.6 Å². The molecule has 4 heteroatoms. The topological polar surface area (TPSA) is 47.9 Å². The molecule has 0 fully saturated rings. The third-order valence-electron chi connectivity index (χ3n) is 3.35. The number of methoxy groups -OCH3 is 3. The summed E-state index contributed by atoms with van der Waals surface area (Å²) in [5.41, 5.74) is 2.46. The fourth-order valence-corrected chi connectivity index (χ4v) is 2.28. The van der Waals surface area contributed by atoms with Gasteiger partial charge in [0, 0.05) is 7.11 Å². The van der Waals surface area contributed by atoms with Gasteiger partial charge in [0.2, 0.25) is 0 Å². The molecule has 1 atom stereocenters. The van der Waals surface area contributed by atoms with E-state index in [1.54, 1.807) is 33.5 Å². The van der Waals surface area contributed by atoms with E-state index < -0.39 is 6.10 Å². The van der Waals surface area contributed by atoms with Crippen LogP contribution >= 0.6 is 0 Å². The van der Waals surface area contributed by atoms with Gasteiger partial charge in [-0.05, 0) is 23.3 Å². The molecule has 1 unspecified atom stereocenters. The molecule has 0 aliphatic carbocycles. The highest BCUT2D eigenvalue weighted by atomic mass is 16.5. The monoisotopic (exact) mass is 288 g/mol. The van der Waals surface area contributed by atoms with Gasteiger partial charge in [0.05, 0.1) is 26.4 Å². The normalized spacial score (nSPS) is 12.0. The predicted octanol–water partition coefficient (Wildman–Crippen LogP) is 2.93. The zero-order valence-corrected chi connectivity index (χ0v) is 12.5. The van der Waals surface area contributed by atoms with Gasteiger partial charge in [-0.1, -0.05) is 30.3 Å². The van der Waals surface area contributed by atoms with Crippen molar-refractivity contribution in [2.24, 2.45) is 0 Å². The average molecular weight is 288 g/mol. The fraction of sp³-hybridized carbons (Fsp3) is 0.294. The maximum Gasteiger partial charge on any atom is 0.128 e. The van der Waals surface area contributed by atoms with Crippen LogP contribution in [0.5, 0.6) is 11.5 Å². The number of ether oxygens (including phenoxy) is 3. The van der Waals surface area contributed by atoms with Crippen molar-refractivity contribution in [3.05, 3.63) is 59.2 Å². The molecule has 1 N–H and O–H groups in total. The standard InChI is InChI=1S/C17H20O4/c1-19-11-12-7-9-13(10-8-12)17(18)16-14(20-2)5-4-6-15(16)21-3/h4-10,17-18H,11H2,1-3H3. The van der Waals surface area contributed by atoms with Crippen molar-refractivity contribution in [1.29, 1.82) is 0 Å². The molecular weight excluding hydrogens is 268 g/mol. The molecule has 0 amide bonds. The lowest BCUT2D eigenvalue weighted by molar-refractivity contribution is 0.184. The van der Waals surface area contributed by atoms with Crippen LogP contribution in [-0.4, -0.2) is 26.4 Å². The van der Waals surface area contributed by atoms with Gasteiger partial charge in [0.25, 0.3) is 0 Å². The van der Waals surface area contributed by atoms with Gasteiger partial charge in [-0.15, -0.1) is 0 Å². The fourth-order valence-electron chi connectivity index (χ4n) is 2.28. The van der Waals surface area contributed by atoms with Gasteiger partial charge < -0.3 is 19.3 Å². The molecule has 0 radical (unpaired) electrons. The van der Waals surface area contributed by atoms with E-state index in [9.17, 15) is 5.11 Å². The van der Waals surface area contributed by atoms with Crippen LogP contribution in [0, 0.1) is 0 Å². The summed E-state index contributed by atoms with van der Waals surface area (Å²) >= 11 is 0. The minimum absolute atomic E-state index is 0.550. The van der Waals surface area contributed by atoms with Gasteiger partial charge >= 0.3 is 0 Å². The van der Waals surface area contributed by atoms with Crippen molar-refractivity contribution < 1.29 is 19.3 Å². The second-order valence-corrected chi connectivity index (χ2v) is 4.65. The zero-order valence-electron chi connectivity index (χ0n) is 12.5. The third kappa shape index (κ3) is 3.35. The first-order valence-corrected chi connectivity index (χ1v) is 6.68. The number of aliphatic hydroxyl groups is 1. The van der Waals surface area contributed by atoms with Crippen molar-refractivity contribution in [3.8, 4) is 11.5 Å². The molecule has 0 bridgehead atoms. The Labute approximate surface area is 124 Å². The minimum atomic E-state index is -0.812. The summed E-state index contributed by atoms with van der Waals surface area (Å²) in [5, 5.41) is 10.6. The molecule has 0 spiro atoms. The Balaban J connectivity index is 2.37. The molecule has 0 aromatic heterocycles. The van der Waals surface area contributed by atoms with Gasteiger partial charge in [0.15, 0.2) is 0 Å². The number of hydrogen-bond donors (Lipinski definition) is 1. The summed E-state index contributed by atoms with van der Waals surface area (Å²) < 4.78 is 15.7. The van der Waals surface area contributed by atoms with E-state index in [0.29, 0.717) is 23.7 Å². The SMILES string of the molecule is COCc1ccc(C(O)c2c(OC)cccc2OC)cc1. The Hall–Kier alpha value is -2.04. The highest BCUT2D eigenvalue weighted by Gasteiger charge is 2.20. The first-order valence-electron chi connectivity index (χ1n) is 6.68. The molecule has 0 aliphatic heterocycles. The molecule has 4 nitrogen and oxygen atoms in total. The summed E-state index contributed by atoms with van der Waals surface area (Å²) in [6, 6.07) is 13.1. The summed E-state index contributed by atoms with van der Waals surface area (Å²) in [6.07, 6.45) is -0.812. The second kappa shape index (κ2) is 7.11. The average Bonchev–Trinajstić information content (AvgIpc) is 2.54. The van der Waals surface area contributed by atoms with Gasteiger partial charge in [-0.3, -0.25) is 0 Å². The van der Waals surface area contributed by atoms with E-state index in [2.05, 4.69) is 0 Å². The zero-order chi connectivity index (χ0) is 15.2. The Kier molecular flexibility index (Phi) is 5.20. The number of rotatable bonds is 6. The van der Waals surface area contributed by atoms with Crippen molar-refractivity contribution in [2.45, 2.75) is 12.7 Å². The minimum Gasteiger partial charge on any atom is -0.496 e. The van der Waals surface area contributed by atoms with Crippen molar-refractivity contribution in [1.82, 2.24) is 0 Å². The number of aliphatic hydroxyl groups excluding tert-OH is 1. The van der Waals surface area contributed by atoms with Crippen LogP contribution in [0.4, 0.5) is 0 Å². The largest absolute Gasteiger partial charge is 0.496 e. The molecule has 0 aliphatic rings. The molecule has 112 valence electrons. The predicted molar refractivity (Wildman–Crippen MR) is 80.8 cm³/mol. The molecular formula is C17H20O4. The highest BCUT2D eigenvalue weighted by molar-refractivity contribution is 5.49. The van der Waals surface area contributed by atoms with E-state index in [4.69, 9.17) is 14.2 Å². The van der Waals surface area contributed by atoms with Gasteiger partial charge in [-0.2, -0.15) is 0 Å². The van der Waals surface area contributed by atoms with E-state index in [0.717, 1.165) is 11.1 Å². The molecule has 0 heterocycles. The van der Waals surface area contributed by atoms with Crippen LogP contribution < -0.4 is 9.47 Å². The molecule has 0 saturated carbocycles. The van der Waals surface area contributed by atoms with Crippen LogP contribution in [0.15, 0.2) is 42.5 Å². The van der Waals surface area contributed by atoms with Crippen LogP contribution in [0.1, 0.15) is 22.8 Å². The van der Waals surface area contributed by atoms with Crippen LogP contribution in [0.3, 0.4) is 0 Å². The Morgan fingerprint density at radius 1 is 0.905 bits per heavy atom. The lowest BCUT2D eigenvalue weighted by Gasteiger charge is -2.18. The summed E-state index contributed by atoms with van der Waals surface area (Å²) in [7, 11) is 4.81. The molecule has 0 saturated heterocycles. The molecule has 21 heavy (non-hydrogen) atoms. The van der Waals surface area contributed by atoms with E-state index in [-0.39, 0.29) is 0 Å². The molecule has 2 aromatic rings. The first kappa shape index (κ1) is 15.4. The summed E-state index contributed by atoms with van der Waals surface area (Å²) in [6.45, 7) is 0.550. The molecule has 2 aromatic carbocycles. The van der Waals surface area contributed by atoms with Crippen molar-refractivity contribution in [3.63, 3.8) is 0 Å². The smallest absolute Gasteiger partial charge is 0.128 e. The Morgan fingerprint density at radius 2 is 1.48 bits per heavy atom. The third-order valence-corrected chi connectivity index (χ3v) is 3.35. The van der Waals surface area contributed by atoms with Crippen molar-refractivity contribution in [2.75, 3.05) is 21.3 Å². The van der Waals surface area contributed by atoms with E-state index in [1.807, 2.05) is 30.3 Å². The number of benzene rings is 2.